The Hall–Kier alpha value is -3.11. The number of primary sulfonamides is 1. The minimum absolute atomic E-state index is 0.0933. The highest BCUT2D eigenvalue weighted by Crippen LogP contribution is 2.32. The molecule has 10 heteroatoms. The van der Waals surface area contributed by atoms with Crippen LogP contribution < -0.4 is 19.9 Å². The molecular weight excluding hydrogens is 388 g/mol. The molecule has 2 aromatic rings. The summed E-state index contributed by atoms with van der Waals surface area (Å²) in [5, 5.41) is 7.59. The number of sulfonamides is 1. The van der Waals surface area contributed by atoms with Crippen LogP contribution in [0.25, 0.3) is 0 Å². The molecule has 1 amide bonds. The average molecular weight is 406 g/mol. The largest absolute Gasteiger partial charge is 0.490 e. The first-order valence-corrected chi connectivity index (χ1v) is 9.87. The number of anilines is 1. The first-order chi connectivity index (χ1) is 13.3. The van der Waals surface area contributed by atoms with Crippen molar-refractivity contribution in [2.24, 2.45) is 5.14 Å². The van der Waals surface area contributed by atoms with Crippen LogP contribution in [0, 0.1) is 0 Å². The zero-order valence-electron chi connectivity index (χ0n) is 14.7. The molecule has 1 aliphatic rings. The van der Waals surface area contributed by atoms with Crippen LogP contribution in [-0.4, -0.2) is 40.1 Å². The number of hydrogen-bond donors (Lipinski definition) is 2. The van der Waals surface area contributed by atoms with Gasteiger partial charge in [0.2, 0.25) is 10.0 Å². The zero-order chi connectivity index (χ0) is 20.1. The van der Waals surface area contributed by atoms with E-state index in [1.165, 1.54) is 24.3 Å². The first kappa shape index (κ1) is 19.6. The van der Waals surface area contributed by atoms with Crippen LogP contribution in [0.2, 0.25) is 0 Å². The molecule has 0 radical (unpaired) electrons. The maximum absolute atomic E-state index is 12.0. The number of hydrogen-bond acceptors (Lipinski definition) is 7. The number of carbonyl (C=O) groups excluding carboxylic acids is 2. The SMILES string of the molecule is NS(=O)(=O)c1ccc(C(=O)OCC(=O)Nc2ccc3c(c2)OCCCO3)cc1. The lowest BCUT2D eigenvalue weighted by molar-refractivity contribution is -0.119. The highest BCUT2D eigenvalue weighted by atomic mass is 32.2. The molecule has 3 N–H and O–H groups in total. The molecule has 3 rings (SSSR count). The van der Waals surface area contributed by atoms with Gasteiger partial charge in [0.05, 0.1) is 23.7 Å². The minimum atomic E-state index is -3.85. The third-order valence-electron chi connectivity index (χ3n) is 3.78. The lowest BCUT2D eigenvalue weighted by atomic mass is 10.2. The highest BCUT2D eigenvalue weighted by molar-refractivity contribution is 7.89. The summed E-state index contributed by atoms with van der Waals surface area (Å²) in [5.74, 6) is -0.175. The second-order valence-corrected chi connectivity index (χ2v) is 7.47. The lowest BCUT2D eigenvalue weighted by Crippen LogP contribution is -2.21. The van der Waals surface area contributed by atoms with Crippen molar-refractivity contribution in [3.63, 3.8) is 0 Å². The van der Waals surface area contributed by atoms with Crippen LogP contribution in [0.3, 0.4) is 0 Å². The molecule has 0 aliphatic carbocycles. The van der Waals surface area contributed by atoms with Gasteiger partial charge in [0.15, 0.2) is 18.1 Å². The Morgan fingerprint density at radius 3 is 2.39 bits per heavy atom. The fourth-order valence-corrected chi connectivity index (χ4v) is 2.95. The average Bonchev–Trinajstić information content (AvgIpc) is 2.90. The molecule has 9 nitrogen and oxygen atoms in total. The molecule has 0 spiro atoms. The van der Waals surface area contributed by atoms with Crippen molar-refractivity contribution in [2.75, 3.05) is 25.1 Å². The Morgan fingerprint density at radius 2 is 1.71 bits per heavy atom. The Balaban J connectivity index is 1.55. The summed E-state index contributed by atoms with van der Waals surface area (Å²) in [5.41, 5.74) is 0.568. The van der Waals surface area contributed by atoms with Crippen LogP contribution in [0.1, 0.15) is 16.8 Å². The van der Waals surface area contributed by atoms with Crippen LogP contribution in [0.5, 0.6) is 11.5 Å². The zero-order valence-corrected chi connectivity index (χ0v) is 15.5. The van der Waals surface area contributed by atoms with Gasteiger partial charge < -0.3 is 19.5 Å². The number of nitrogens with two attached hydrogens (primary N) is 1. The Labute approximate surface area is 161 Å². The highest BCUT2D eigenvalue weighted by Gasteiger charge is 2.15. The van der Waals surface area contributed by atoms with E-state index in [1.54, 1.807) is 18.2 Å². The number of nitrogens with one attached hydrogen (secondary N) is 1. The molecule has 1 heterocycles. The van der Waals surface area contributed by atoms with Gasteiger partial charge in [-0.25, -0.2) is 18.4 Å². The Kier molecular flexibility index (Phi) is 5.81. The molecule has 0 fully saturated rings. The van der Waals surface area contributed by atoms with E-state index in [4.69, 9.17) is 19.3 Å². The van der Waals surface area contributed by atoms with Gasteiger partial charge in [-0.15, -0.1) is 0 Å². The molecule has 2 aromatic carbocycles. The standard InChI is InChI=1S/C18H18N2O7S/c19-28(23,24)14-5-2-12(3-6-14)18(22)27-11-17(21)20-13-4-7-15-16(10-13)26-9-1-8-25-15/h2-7,10H,1,8-9,11H2,(H,20,21)(H2,19,23,24). The Bertz CT molecular complexity index is 987. The van der Waals surface area contributed by atoms with E-state index in [1.807, 2.05) is 0 Å². The van der Waals surface area contributed by atoms with E-state index in [0.717, 1.165) is 6.42 Å². The predicted molar refractivity (Wildman–Crippen MR) is 98.8 cm³/mol. The van der Waals surface area contributed by atoms with Gasteiger partial charge in [-0.1, -0.05) is 0 Å². The van der Waals surface area contributed by atoms with Gasteiger partial charge in [0, 0.05) is 18.2 Å². The van der Waals surface area contributed by atoms with Crippen molar-refractivity contribution < 1.29 is 32.2 Å². The maximum atomic E-state index is 12.0. The molecule has 28 heavy (non-hydrogen) atoms. The smallest absolute Gasteiger partial charge is 0.338 e. The second kappa shape index (κ2) is 8.28. The third kappa shape index (κ3) is 4.99. The minimum Gasteiger partial charge on any atom is -0.490 e. The summed E-state index contributed by atoms with van der Waals surface area (Å²) in [6.45, 7) is 0.573. The normalized spacial score (nSPS) is 13.3. The summed E-state index contributed by atoms with van der Waals surface area (Å²) in [6.07, 6.45) is 0.768. The quantitative estimate of drug-likeness (QED) is 0.715. The van der Waals surface area contributed by atoms with Gasteiger partial charge in [-0.3, -0.25) is 4.79 Å². The van der Waals surface area contributed by atoms with Crippen LogP contribution in [0.15, 0.2) is 47.4 Å². The molecule has 0 saturated heterocycles. The molecular formula is C18H18N2O7S. The van der Waals surface area contributed by atoms with Crippen molar-refractivity contribution in [1.82, 2.24) is 0 Å². The van der Waals surface area contributed by atoms with Crippen LogP contribution >= 0.6 is 0 Å². The summed E-state index contributed by atoms with van der Waals surface area (Å²) >= 11 is 0. The first-order valence-electron chi connectivity index (χ1n) is 8.32. The van der Waals surface area contributed by atoms with Crippen molar-refractivity contribution in [3.05, 3.63) is 48.0 Å². The van der Waals surface area contributed by atoms with Crippen LogP contribution in [-0.2, 0) is 19.6 Å². The van der Waals surface area contributed by atoms with Gasteiger partial charge in [-0.05, 0) is 36.4 Å². The van der Waals surface area contributed by atoms with Crippen molar-refractivity contribution in [1.29, 1.82) is 0 Å². The molecule has 0 atom stereocenters. The monoisotopic (exact) mass is 406 g/mol. The number of benzene rings is 2. The molecule has 0 aromatic heterocycles. The number of amides is 1. The van der Waals surface area contributed by atoms with Gasteiger partial charge in [0.1, 0.15) is 0 Å². The predicted octanol–water partition coefficient (Wildman–Crippen LogP) is 1.29. The van der Waals surface area contributed by atoms with E-state index in [0.29, 0.717) is 30.4 Å². The Morgan fingerprint density at radius 1 is 1.04 bits per heavy atom. The van der Waals surface area contributed by atoms with Crippen molar-refractivity contribution in [2.45, 2.75) is 11.3 Å². The van der Waals surface area contributed by atoms with E-state index in [2.05, 4.69) is 5.32 Å². The van der Waals surface area contributed by atoms with Gasteiger partial charge >= 0.3 is 5.97 Å². The lowest BCUT2D eigenvalue weighted by Gasteiger charge is -2.10. The summed E-state index contributed by atoms with van der Waals surface area (Å²) < 4.78 is 38.4. The summed E-state index contributed by atoms with van der Waals surface area (Å²) in [7, 11) is -3.85. The molecule has 148 valence electrons. The second-order valence-electron chi connectivity index (χ2n) is 5.91. The van der Waals surface area contributed by atoms with E-state index in [9.17, 15) is 18.0 Å². The maximum Gasteiger partial charge on any atom is 0.338 e. The van der Waals surface area contributed by atoms with Crippen LogP contribution in [0.4, 0.5) is 5.69 Å². The topological polar surface area (TPSA) is 134 Å². The summed E-state index contributed by atoms with van der Waals surface area (Å²) in [4.78, 5) is 23.9. The van der Waals surface area contributed by atoms with Crippen molar-refractivity contribution >= 4 is 27.6 Å². The van der Waals surface area contributed by atoms with Crippen molar-refractivity contribution in [3.8, 4) is 11.5 Å². The molecule has 1 aliphatic heterocycles. The molecule has 0 bridgehead atoms. The summed E-state index contributed by atoms with van der Waals surface area (Å²) in [6, 6.07) is 9.85. The van der Waals surface area contributed by atoms with E-state index < -0.39 is 28.5 Å². The molecule has 0 saturated carbocycles. The number of esters is 1. The number of rotatable bonds is 5. The third-order valence-corrected chi connectivity index (χ3v) is 4.71. The van der Waals surface area contributed by atoms with E-state index in [-0.39, 0.29) is 10.5 Å². The fraction of sp³-hybridized carbons (Fsp3) is 0.222. The van der Waals surface area contributed by atoms with Gasteiger partial charge in [-0.2, -0.15) is 0 Å². The molecule has 0 unspecified atom stereocenters. The van der Waals surface area contributed by atoms with E-state index >= 15 is 0 Å². The number of carbonyl (C=O) groups is 2. The fourth-order valence-electron chi connectivity index (χ4n) is 2.43. The number of ether oxygens (including phenoxy) is 3. The number of fused-ring (bicyclic) bond motifs is 1. The van der Waals surface area contributed by atoms with Gasteiger partial charge in [0.25, 0.3) is 5.91 Å².